The molecule has 4 nitrogen and oxygen atoms in total. The molecule has 2 heterocycles. The van der Waals surface area contributed by atoms with Gasteiger partial charge in [-0.25, -0.2) is 0 Å². The van der Waals surface area contributed by atoms with Crippen LogP contribution in [0.3, 0.4) is 0 Å². The Bertz CT molecular complexity index is 628. The molecule has 2 aromatic rings. The first kappa shape index (κ1) is 13.1. The Morgan fingerprint density at radius 3 is 2.72 bits per heavy atom. The van der Waals surface area contributed by atoms with Crippen molar-refractivity contribution < 1.29 is 0 Å². The molecule has 2 rings (SSSR count). The highest BCUT2D eigenvalue weighted by molar-refractivity contribution is 9.10. The SMILES string of the molecule is CCc1cc(Cn2cc(Br)cc(C)c2=O)n(C)n1. The molecule has 0 aromatic carbocycles. The van der Waals surface area contributed by atoms with Gasteiger partial charge in [-0.3, -0.25) is 9.48 Å². The average Bonchev–Trinajstić information content (AvgIpc) is 2.66. The van der Waals surface area contributed by atoms with Crippen LogP contribution >= 0.6 is 15.9 Å². The lowest BCUT2D eigenvalue weighted by atomic mass is 10.3. The molecular weight excluding hydrogens is 294 g/mol. The molecule has 0 saturated heterocycles. The van der Waals surface area contributed by atoms with Gasteiger partial charge in [-0.05, 0) is 41.4 Å². The minimum absolute atomic E-state index is 0.0393. The van der Waals surface area contributed by atoms with Crippen molar-refractivity contribution in [3.63, 3.8) is 0 Å². The lowest BCUT2D eigenvalue weighted by Gasteiger charge is -2.07. The Morgan fingerprint density at radius 1 is 1.39 bits per heavy atom. The van der Waals surface area contributed by atoms with Crippen molar-refractivity contribution in [1.29, 1.82) is 0 Å². The summed E-state index contributed by atoms with van der Waals surface area (Å²) in [7, 11) is 1.91. The van der Waals surface area contributed by atoms with E-state index in [-0.39, 0.29) is 5.56 Å². The summed E-state index contributed by atoms with van der Waals surface area (Å²) in [5.74, 6) is 0. The second-order valence-electron chi connectivity index (χ2n) is 4.38. The number of hydrogen-bond donors (Lipinski definition) is 0. The van der Waals surface area contributed by atoms with Crippen LogP contribution in [0.2, 0.25) is 0 Å². The Kier molecular flexibility index (Phi) is 3.71. The van der Waals surface area contributed by atoms with Crippen LogP contribution in [0.15, 0.2) is 27.6 Å². The summed E-state index contributed by atoms with van der Waals surface area (Å²) in [5.41, 5.74) is 2.86. The van der Waals surface area contributed by atoms with E-state index in [4.69, 9.17) is 0 Å². The maximum atomic E-state index is 12.0. The van der Waals surface area contributed by atoms with Crippen molar-refractivity contribution in [2.75, 3.05) is 0 Å². The Balaban J connectivity index is 2.39. The van der Waals surface area contributed by atoms with Crippen LogP contribution in [0, 0.1) is 6.92 Å². The largest absolute Gasteiger partial charge is 0.308 e. The number of hydrogen-bond acceptors (Lipinski definition) is 2. The van der Waals surface area contributed by atoms with Crippen LogP contribution in [0.5, 0.6) is 0 Å². The van der Waals surface area contributed by atoms with Crippen molar-refractivity contribution in [2.24, 2.45) is 7.05 Å². The standard InChI is InChI=1S/C13H16BrN3O/c1-4-11-6-12(16(3)15-11)8-17-7-10(14)5-9(2)13(17)18/h5-7H,4,8H2,1-3H3. The predicted octanol–water partition coefficient (Wildman–Crippen LogP) is 2.26. The van der Waals surface area contributed by atoms with E-state index >= 15 is 0 Å². The topological polar surface area (TPSA) is 39.8 Å². The van der Waals surface area contributed by atoms with Gasteiger partial charge in [-0.1, -0.05) is 6.92 Å². The summed E-state index contributed by atoms with van der Waals surface area (Å²) in [4.78, 5) is 12.0. The van der Waals surface area contributed by atoms with Gasteiger partial charge in [-0.15, -0.1) is 0 Å². The summed E-state index contributed by atoms with van der Waals surface area (Å²) in [6, 6.07) is 3.88. The molecule has 0 saturated carbocycles. The summed E-state index contributed by atoms with van der Waals surface area (Å²) in [5, 5.41) is 4.39. The van der Waals surface area contributed by atoms with Crippen LogP contribution in [0.25, 0.3) is 0 Å². The van der Waals surface area contributed by atoms with Crippen molar-refractivity contribution in [2.45, 2.75) is 26.8 Å². The van der Waals surface area contributed by atoms with Gasteiger partial charge in [0, 0.05) is 23.3 Å². The van der Waals surface area contributed by atoms with Crippen LogP contribution in [0.4, 0.5) is 0 Å². The molecule has 18 heavy (non-hydrogen) atoms. The third-order valence-electron chi connectivity index (χ3n) is 2.95. The van der Waals surface area contributed by atoms with E-state index < -0.39 is 0 Å². The first-order valence-electron chi connectivity index (χ1n) is 5.89. The minimum atomic E-state index is 0.0393. The smallest absolute Gasteiger partial charge is 0.253 e. The molecule has 0 radical (unpaired) electrons. The molecule has 0 bridgehead atoms. The molecular formula is C13H16BrN3O. The summed E-state index contributed by atoms with van der Waals surface area (Å²) < 4.78 is 4.45. The number of rotatable bonds is 3. The molecule has 0 aliphatic heterocycles. The number of aryl methyl sites for hydroxylation is 3. The minimum Gasteiger partial charge on any atom is -0.308 e. The third kappa shape index (κ3) is 2.56. The lowest BCUT2D eigenvalue weighted by Crippen LogP contribution is -2.23. The monoisotopic (exact) mass is 309 g/mol. The van der Waals surface area contributed by atoms with E-state index in [1.165, 1.54) is 0 Å². The number of pyridine rings is 1. The van der Waals surface area contributed by atoms with E-state index in [2.05, 4.69) is 28.0 Å². The number of aromatic nitrogens is 3. The molecule has 0 atom stereocenters. The first-order chi connectivity index (χ1) is 8.51. The molecule has 0 amide bonds. The van der Waals surface area contributed by atoms with Gasteiger partial charge in [-0.2, -0.15) is 5.10 Å². The van der Waals surface area contributed by atoms with Gasteiger partial charge < -0.3 is 4.57 Å². The summed E-state index contributed by atoms with van der Waals surface area (Å²) in [6.07, 6.45) is 2.72. The van der Waals surface area contributed by atoms with E-state index in [0.29, 0.717) is 6.54 Å². The van der Waals surface area contributed by atoms with Gasteiger partial charge in [0.15, 0.2) is 0 Å². The van der Waals surface area contributed by atoms with Crippen LogP contribution in [0.1, 0.15) is 23.9 Å². The van der Waals surface area contributed by atoms with Gasteiger partial charge in [0.05, 0.1) is 17.9 Å². The summed E-state index contributed by atoms with van der Waals surface area (Å²) in [6.45, 7) is 4.44. The van der Waals surface area contributed by atoms with Crippen LogP contribution < -0.4 is 5.56 Å². The zero-order valence-corrected chi connectivity index (χ0v) is 12.4. The maximum absolute atomic E-state index is 12.0. The molecule has 2 aromatic heterocycles. The Morgan fingerprint density at radius 2 is 2.11 bits per heavy atom. The number of nitrogens with zero attached hydrogens (tertiary/aromatic N) is 3. The zero-order valence-electron chi connectivity index (χ0n) is 10.8. The fourth-order valence-electron chi connectivity index (χ4n) is 1.92. The third-order valence-corrected chi connectivity index (χ3v) is 3.39. The Labute approximate surface area is 114 Å². The molecule has 96 valence electrons. The Hall–Kier alpha value is -1.36. The van der Waals surface area contributed by atoms with Crippen molar-refractivity contribution in [3.8, 4) is 0 Å². The molecule has 0 aliphatic rings. The highest BCUT2D eigenvalue weighted by Crippen LogP contribution is 2.10. The molecule has 5 heteroatoms. The zero-order chi connectivity index (χ0) is 13.3. The fourth-order valence-corrected chi connectivity index (χ4v) is 2.51. The predicted molar refractivity (Wildman–Crippen MR) is 74.8 cm³/mol. The van der Waals surface area contributed by atoms with Gasteiger partial charge in [0.1, 0.15) is 0 Å². The van der Waals surface area contributed by atoms with Gasteiger partial charge in [0.2, 0.25) is 0 Å². The lowest BCUT2D eigenvalue weighted by molar-refractivity contribution is 0.646. The highest BCUT2D eigenvalue weighted by Gasteiger charge is 2.07. The quantitative estimate of drug-likeness (QED) is 0.872. The molecule has 0 N–H and O–H groups in total. The normalized spacial score (nSPS) is 10.9. The molecule has 0 fully saturated rings. The maximum Gasteiger partial charge on any atom is 0.253 e. The average molecular weight is 310 g/mol. The number of halogens is 1. The van der Waals surface area contributed by atoms with E-state index in [1.54, 1.807) is 4.57 Å². The molecule has 0 spiro atoms. The summed E-state index contributed by atoms with van der Waals surface area (Å²) >= 11 is 3.42. The highest BCUT2D eigenvalue weighted by atomic mass is 79.9. The first-order valence-corrected chi connectivity index (χ1v) is 6.69. The van der Waals surface area contributed by atoms with Crippen LogP contribution in [-0.4, -0.2) is 14.3 Å². The van der Waals surface area contributed by atoms with E-state index in [9.17, 15) is 4.79 Å². The van der Waals surface area contributed by atoms with E-state index in [1.807, 2.05) is 37.0 Å². The van der Waals surface area contributed by atoms with Crippen LogP contribution in [-0.2, 0) is 20.0 Å². The van der Waals surface area contributed by atoms with Gasteiger partial charge >= 0.3 is 0 Å². The second-order valence-corrected chi connectivity index (χ2v) is 5.29. The van der Waals surface area contributed by atoms with Crippen molar-refractivity contribution in [3.05, 3.63) is 50.1 Å². The van der Waals surface area contributed by atoms with Gasteiger partial charge in [0.25, 0.3) is 5.56 Å². The van der Waals surface area contributed by atoms with E-state index in [0.717, 1.165) is 27.8 Å². The second kappa shape index (κ2) is 5.10. The van der Waals surface area contributed by atoms with Crippen molar-refractivity contribution >= 4 is 15.9 Å². The molecule has 0 unspecified atom stereocenters. The van der Waals surface area contributed by atoms with Crippen molar-refractivity contribution in [1.82, 2.24) is 14.3 Å². The fraction of sp³-hybridized carbons (Fsp3) is 0.385. The molecule has 0 aliphatic carbocycles.